The summed E-state index contributed by atoms with van der Waals surface area (Å²) in [6, 6.07) is -0.512. The van der Waals surface area contributed by atoms with E-state index < -0.39 is 17.2 Å². The summed E-state index contributed by atoms with van der Waals surface area (Å²) in [6.45, 7) is 4.76. The molecule has 1 heterocycles. The van der Waals surface area contributed by atoms with Crippen molar-refractivity contribution in [1.82, 2.24) is 30.8 Å². The van der Waals surface area contributed by atoms with Gasteiger partial charge in [-0.05, 0) is 24.3 Å². The van der Waals surface area contributed by atoms with Crippen molar-refractivity contribution in [2.24, 2.45) is 5.73 Å². The molecule has 0 saturated carbocycles. The fourth-order valence-electron chi connectivity index (χ4n) is 1.17. The van der Waals surface area contributed by atoms with Gasteiger partial charge in [-0.1, -0.05) is 11.8 Å². The molecule has 0 bridgehead atoms. The molecule has 19 heavy (non-hydrogen) atoms. The maximum Gasteiger partial charge on any atom is 0.321 e. The number of nitrogens with zero attached hydrogens (tertiary/aromatic N) is 4. The molecule has 0 aromatic carbocycles. The van der Waals surface area contributed by atoms with Crippen LogP contribution in [-0.4, -0.2) is 50.5 Å². The molecule has 10 heteroatoms. The fourth-order valence-corrected chi connectivity index (χ4v) is 1.99. The molecule has 1 atom stereocenters. The highest BCUT2D eigenvalue weighted by Crippen LogP contribution is 2.19. The highest BCUT2D eigenvalue weighted by atomic mass is 32.2. The molecule has 1 aromatic rings. The van der Waals surface area contributed by atoms with Gasteiger partial charge in [-0.15, -0.1) is 5.10 Å². The number of imide groups is 1. The summed E-state index contributed by atoms with van der Waals surface area (Å²) in [6.07, 6.45) is 0. The molecule has 1 rings (SSSR count). The minimum atomic E-state index is -0.512. The van der Waals surface area contributed by atoms with Crippen LogP contribution in [0.2, 0.25) is 0 Å². The minimum absolute atomic E-state index is 0.401. The van der Waals surface area contributed by atoms with Crippen molar-refractivity contribution >= 4 is 23.7 Å². The Morgan fingerprint density at radius 3 is 2.89 bits per heavy atom. The molecule has 1 aromatic heterocycles. The molecule has 0 spiro atoms. The lowest BCUT2D eigenvalue weighted by Gasteiger charge is -2.10. The van der Waals surface area contributed by atoms with Crippen LogP contribution in [0.1, 0.15) is 13.8 Å². The minimum Gasteiger partial charge on any atom is -0.338 e. The quantitative estimate of drug-likeness (QED) is 0.570. The first-order valence-corrected chi connectivity index (χ1v) is 6.68. The van der Waals surface area contributed by atoms with E-state index in [2.05, 4.69) is 26.2 Å². The van der Waals surface area contributed by atoms with Gasteiger partial charge < -0.3 is 11.1 Å². The number of aromatic nitrogens is 4. The standard InChI is InChI=1S/C9H17N7O2S/c1-3-11-8(18)12-7(17)6(2)19-9-13-14-15-16(9)5-4-10/h6H,3-5,10H2,1-2H3,(H2,11,12,17,18). The molecule has 4 N–H and O–H groups in total. The largest absolute Gasteiger partial charge is 0.338 e. The van der Waals surface area contributed by atoms with Crippen LogP contribution in [0.4, 0.5) is 4.79 Å². The molecular weight excluding hydrogens is 270 g/mol. The zero-order valence-electron chi connectivity index (χ0n) is 10.8. The van der Waals surface area contributed by atoms with E-state index in [9.17, 15) is 9.59 Å². The first kappa shape index (κ1) is 15.4. The van der Waals surface area contributed by atoms with Crippen LogP contribution in [0.3, 0.4) is 0 Å². The van der Waals surface area contributed by atoms with E-state index in [1.807, 2.05) is 0 Å². The van der Waals surface area contributed by atoms with E-state index in [0.29, 0.717) is 24.8 Å². The average Bonchev–Trinajstić information content (AvgIpc) is 2.77. The summed E-state index contributed by atoms with van der Waals surface area (Å²) < 4.78 is 1.51. The maximum atomic E-state index is 11.7. The summed E-state index contributed by atoms with van der Waals surface area (Å²) >= 11 is 1.16. The van der Waals surface area contributed by atoms with Gasteiger partial charge in [-0.3, -0.25) is 10.1 Å². The normalized spacial score (nSPS) is 11.9. The number of nitrogens with one attached hydrogen (secondary N) is 2. The van der Waals surface area contributed by atoms with Crippen LogP contribution in [0.15, 0.2) is 5.16 Å². The second-order valence-corrected chi connectivity index (χ2v) is 4.89. The van der Waals surface area contributed by atoms with E-state index in [1.54, 1.807) is 13.8 Å². The molecule has 1 unspecified atom stereocenters. The average molecular weight is 287 g/mol. The number of hydrogen-bond donors (Lipinski definition) is 3. The monoisotopic (exact) mass is 287 g/mol. The lowest BCUT2D eigenvalue weighted by atomic mass is 10.4. The highest BCUT2D eigenvalue weighted by molar-refractivity contribution is 8.00. The van der Waals surface area contributed by atoms with Gasteiger partial charge in [0.25, 0.3) is 0 Å². The van der Waals surface area contributed by atoms with Gasteiger partial charge in [0.05, 0.1) is 11.8 Å². The lowest BCUT2D eigenvalue weighted by molar-refractivity contribution is -0.119. The number of tetrazole rings is 1. The first-order valence-electron chi connectivity index (χ1n) is 5.80. The highest BCUT2D eigenvalue weighted by Gasteiger charge is 2.19. The van der Waals surface area contributed by atoms with E-state index >= 15 is 0 Å². The predicted molar refractivity (Wildman–Crippen MR) is 69.4 cm³/mol. The van der Waals surface area contributed by atoms with Crippen LogP contribution >= 0.6 is 11.8 Å². The third-order valence-electron chi connectivity index (χ3n) is 2.07. The SMILES string of the molecule is CCNC(=O)NC(=O)C(C)Sc1nnnn1CCN. The molecule has 0 aliphatic heterocycles. The van der Waals surface area contributed by atoms with Gasteiger partial charge in [0.15, 0.2) is 0 Å². The Hall–Kier alpha value is -1.68. The van der Waals surface area contributed by atoms with Crippen molar-refractivity contribution in [1.29, 1.82) is 0 Å². The summed E-state index contributed by atoms with van der Waals surface area (Å²) in [5, 5.41) is 15.8. The van der Waals surface area contributed by atoms with Crippen molar-refractivity contribution in [2.45, 2.75) is 30.8 Å². The van der Waals surface area contributed by atoms with E-state index in [1.165, 1.54) is 4.68 Å². The van der Waals surface area contributed by atoms with E-state index in [-0.39, 0.29) is 0 Å². The second kappa shape index (κ2) is 7.69. The maximum absolute atomic E-state index is 11.7. The molecule has 0 radical (unpaired) electrons. The van der Waals surface area contributed by atoms with Crippen LogP contribution < -0.4 is 16.4 Å². The Balaban J connectivity index is 2.53. The van der Waals surface area contributed by atoms with Gasteiger partial charge >= 0.3 is 6.03 Å². The molecular formula is C9H17N7O2S. The summed E-state index contributed by atoms with van der Waals surface area (Å²) in [5.41, 5.74) is 5.42. The summed E-state index contributed by atoms with van der Waals surface area (Å²) in [4.78, 5) is 22.9. The van der Waals surface area contributed by atoms with E-state index in [4.69, 9.17) is 5.73 Å². The Labute approximate surface area is 114 Å². The smallest absolute Gasteiger partial charge is 0.321 e. The topological polar surface area (TPSA) is 128 Å². The Morgan fingerprint density at radius 2 is 2.26 bits per heavy atom. The Kier molecular flexibility index (Phi) is 6.22. The van der Waals surface area contributed by atoms with Crippen LogP contribution in [0.25, 0.3) is 0 Å². The zero-order valence-corrected chi connectivity index (χ0v) is 11.6. The number of nitrogens with two attached hydrogens (primary N) is 1. The van der Waals surface area contributed by atoms with Gasteiger partial charge in [0, 0.05) is 13.1 Å². The Bertz CT molecular complexity index is 436. The van der Waals surface area contributed by atoms with Crippen LogP contribution in [0, 0.1) is 0 Å². The van der Waals surface area contributed by atoms with Crippen LogP contribution in [0.5, 0.6) is 0 Å². The molecule has 9 nitrogen and oxygen atoms in total. The molecule has 3 amide bonds. The number of urea groups is 1. The number of amides is 3. The number of thioether (sulfide) groups is 1. The predicted octanol–water partition coefficient (Wildman–Crippen LogP) is -1.04. The molecule has 0 fully saturated rings. The fraction of sp³-hybridized carbons (Fsp3) is 0.667. The Morgan fingerprint density at radius 1 is 1.53 bits per heavy atom. The van der Waals surface area contributed by atoms with Crippen molar-refractivity contribution in [3.63, 3.8) is 0 Å². The van der Waals surface area contributed by atoms with Gasteiger partial charge in [0.1, 0.15) is 0 Å². The molecule has 0 saturated heterocycles. The van der Waals surface area contributed by atoms with Gasteiger partial charge in [0.2, 0.25) is 11.1 Å². The third-order valence-corrected chi connectivity index (χ3v) is 3.14. The number of hydrogen-bond acceptors (Lipinski definition) is 7. The van der Waals surface area contributed by atoms with Crippen molar-refractivity contribution < 1.29 is 9.59 Å². The lowest BCUT2D eigenvalue weighted by Crippen LogP contribution is -2.42. The van der Waals surface area contributed by atoms with Crippen molar-refractivity contribution in [3.8, 4) is 0 Å². The summed E-state index contributed by atoms with van der Waals surface area (Å²) in [5.74, 6) is -0.404. The molecule has 0 aliphatic carbocycles. The number of rotatable bonds is 6. The second-order valence-electron chi connectivity index (χ2n) is 3.58. The van der Waals surface area contributed by atoms with E-state index in [0.717, 1.165) is 11.8 Å². The zero-order chi connectivity index (χ0) is 14.3. The molecule has 0 aliphatic rings. The summed E-state index contributed by atoms with van der Waals surface area (Å²) in [7, 11) is 0. The number of carbonyl (C=O) groups is 2. The number of carbonyl (C=O) groups excluding carboxylic acids is 2. The van der Waals surface area contributed by atoms with Gasteiger partial charge in [-0.2, -0.15) is 0 Å². The van der Waals surface area contributed by atoms with Crippen molar-refractivity contribution in [3.05, 3.63) is 0 Å². The van der Waals surface area contributed by atoms with Gasteiger partial charge in [-0.25, -0.2) is 9.48 Å². The van der Waals surface area contributed by atoms with Crippen LogP contribution in [-0.2, 0) is 11.3 Å². The van der Waals surface area contributed by atoms with Crippen molar-refractivity contribution in [2.75, 3.05) is 13.1 Å². The molecule has 106 valence electrons. The first-order chi connectivity index (χ1) is 9.08. The third kappa shape index (κ3) is 4.83.